The number of nitrogens with one attached hydrogen (secondary N) is 1. The monoisotopic (exact) mass is 986 g/mol. The Balaban J connectivity index is 5.41. The number of allylic oxidation sites excluding steroid dienone is 13. The van der Waals surface area contributed by atoms with Gasteiger partial charge in [0.15, 0.2) is 0 Å². The van der Waals surface area contributed by atoms with Gasteiger partial charge in [0.2, 0.25) is 5.91 Å². The van der Waals surface area contributed by atoms with Crippen LogP contribution in [0.3, 0.4) is 0 Å². The van der Waals surface area contributed by atoms with E-state index in [1.807, 2.05) is 33.3 Å². The summed E-state index contributed by atoms with van der Waals surface area (Å²) in [6.45, 7) is 6.80. The predicted octanol–water partition coefficient (Wildman–Crippen LogP) is 16.7. The Morgan fingerprint density at radius 1 is 0.536 bits per heavy atom. The Bertz CT molecular complexity index is 1460. The summed E-state index contributed by atoms with van der Waals surface area (Å²) in [4.78, 5) is 37.5. The van der Waals surface area contributed by atoms with Crippen LogP contribution in [0.2, 0.25) is 0 Å². The number of likely N-dealkylation sites (N-methyl/N-ethyl adjacent to an activating group) is 1. The number of phosphoric ester groups is 1. The highest BCUT2D eigenvalue weighted by atomic mass is 31.2. The van der Waals surface area contributed by atoms with Crippen LogP contribution >= 0.6 is 7.82 Å². The maximum absolute atomic E-state index is 13.5. The molecule has 398 valence electrons. The fourth-order valence-corrected chi connectivity index (χ4v) is 8.27. The van der Waals surface area contributed by atoms with Gasteiger partial charge in [0.1, 0.15) is 19.3 Å². The summed E-state index contributed by atoms with van der Waals surface area (Å²) in [7, 11) is 1.46. The van der Waals surface area contributed by atoms with E-state index in [-0.39, 0.29) is 31.5 Å². The number of unbranched alkanes of at least 4 members (excludes halogenated alkanes) is 23. The lowest BCUT2D eigenvalue weighted by molar-refractivity contribution is -0.870. The summed E-state index contributed by atoms with van der Waals surface area (Å²) in [6, 6.07) is -0.868. The van der Waals surface area contributed by atoms with E-state index in [1.54, 1.807) is 0 Å². The van der Waals surface area contributed by atoms with Crippen LogP contribution in [-0.4, -0.2) is 74.3 Å². The van der Waals surface area contributed by atoms with Crippen molar-refractivity contribution in [3.63, 3.8) is 0 Å². The van der Waals surface area contributed by atoms with Crippen LogP contribution in [0.25, 0.3) is 0 Å². The molecule has 1 amide bonds. The normalized spacial score (nSPS) is 14.5. The van der Waals surface area contributed by atoms with Crippen molar-refractivity contribution in [3.05, 3.63) is 85.1 Å². The van der Waals surface area contributed by atoms with Crippen LogP contribution in [0.1, 0.15) is 226 Å². The molecule has 0 aliphatic heterocycles. The molecule has 0 radical (unpaired) electrons. The molecule has 0 saturated heterocycles. The molecule has 0 rings (SSSR count). The van der Waals surface area contributed by atoms with Gasteiger partial charge in [-0.15, -0.1) is 0 Å². The minimum Gasteiger partial charge on any atom is -0.456 e. The lowest BCUT2D eigenvalue weighted by Gasteiger charge is -2.27. The number of esters is 1. The lowest BCUT2D eigenvalue weighted by Crippen LogP contribution is -2.47. The lowest BCUT2D eigenvalue weighted by atomic mass is 10.1. The van der Waals surface area contributed by atoms with Gasteiger partial charge in [-0.25, -0.2) is 4.57 Å². The molecule has 0 aromatic rings. The van der Waals surface area contributed by atoms with Gasteiger partial charge in [-0.2, -0.15) is 0 Å². The van der Waals surface area contributed by atoms with Crippen molar-refractivity contribution >= 4 is 19.7 Å². The molecule has 0 aromatic carbocycles. The van der Waals surface area contributed by atoms with E-state index in [2.05, 4.69) is 99.0 Å². The molecule has 9 nitrogen and oxygen atoms in total. The maximum Gasteiger partial charge on any atom is 0.472 e. The highest BCUT2D eigenvalue weighted by Gasteiger charge is 2.30. The van der Waals surface area contributed by atoms with Crippen molar-refractivity contribution in [2.75, 3.05) is 40.9 Å². The van der Waals surface area contributed by atoms with Crippen LogP contribution in [0.4, 0.5) is 0 Å². The highest BCUT2D eigenvalue weighted by molar-refractivity contribution is 7.47. The topological polar surface area (TPSA) is 111 Å². The number of hydrogen-bond acceptors (Lipinski definition) is 6. The standard InChI is InChI=1S/C59H105N2O7P/c1-7-10-13-16-19-22-25-27-29-30-32-33-36-39-42-45-48-51-58(62)60-56(55-67-69(64,65)66-54-53-61(4,5)6)57(50-47-44-41-38-35-24-21-18-15-12-9-3)68-59(63)52-49-46-43-40-37-34-31-28-26-23-20-17-14-11-8-2/h11,14,17,19-20,22-23,26-27,29,32-33,47,50,56-57H,7-10,12-13,15-16,18,21,24-25,28,30-31,34-46,48-49,51-55H2,1-6H3,(H-,60,62,64,65)/p+1/b14-11+,20-17+,22-19-,26-23+,29-27-,33-32-,50-47+. The molecule has 0 aromatic heterocycles. The second kappa shape index (κ2) is 48.8. The number of phosphoric acid groups is 1. The third-order valence-corrected chi connectivity index (χ3v) is 12.9. The van der Waals surface area contributed by atoms with Gasteiger partial charge in [-0.05, 0) is 89.5 Å². The van der Waals surface area contributed by atoms with Gasteiger partial charge in [0, 0.05) is 12.8 Å². The smallest absolute Gasteiger partial charge is 0.456 e. The zero-order valence-electron chi connectivity index (χ0n) is 45.3. The third kappa shape index (κ3) is 49.9. The summed E-state index contributed by atoms with van der Waals surface area (Å²) in [5, 5.41) is 3.03. The highest BCUT2D eigenvalue weighted by Crippen LogP contribution is 2.43. The Morgan fingerprint density at radius 2 is 0.986 bits per heavy atom. The zero-order valence-corrected chi connectivity index (χ0v) is 46.2. The van der Waals surface area contributed by atoms with Gasteiger partial charge in [0.05, 0.1) is 33.8 Å². The van der Waals surface area contributed by atoms with Crippen LogP contribution in [0.15, 0.2) is 85.1 Å². The summed E-state index contributed by atoms with van der Waals surface area (Å²) < 4.78 is 30.5. The number of ether oxygens (including phenoxy) is 1. The van der Waals surface area contributed by atoms with Gasteiger partial charge in [0.25, 0.3) is 0 Å². The molecule has 0 spiro atoms. The third-order valence-electron chi connectivity index (χ3n) is 11.9. The van der Waals surface area contributed by atoms with Crippen molar-refractivity contribution < 1.29 is 37.3 Å². The van der Waals surface area contributed by atoms with Crippen LogP contribution in [0, 0.1) is 0 Å². The largest absolute Gasteiger partial charge is 0.472 e. The van der Waals surface area contributed by atoms with E-state index >= 15 is 0 Å². The maximum atomic E-state index is 13.5. The number of hydrogen-bond donors (Lipinski definition) is 2. The Hall–Kier alpha value is -2.81. The van der Waals surface area contributed by atoms with Crippen molar-refractivity contribution in [1.29, 1.82) is 0 Å². The fraction of sp³-hybridized carbons (Fsp3) is 0.729. The number of nitrogens with zero attached hydrogens (tertiary/aromatic N) is 1. The first kappa shape index (κ1) is 66.2. The summed E-state index contributed by atoms with van der Waals surface area (Å²) in [6.07, 6.45) is 62.9. The minimum absolute atomic E-state index is 0.0297. The SMILES string of the molecule is CC/C=C/C=C/C=C/CCCCCCCCCC(=O)OC(/C=C/CCCCCCCCCCC)C(COP(=O)(O)OCC[N+](C)(C)C)NC(=O)CCCCCC/C=C\C/C=C\C/C=C\CCCCC. The second-order valence-electron chi connectivity index (χ2n) is 19.8. The fourth-order valence-electron chi connectivity index (χ4n) is 7.53. The molecule has 3 unspecified atom stereocenters. The number of rotatable bonds is 49. The van der Waals surface area contributed by atoms with Crippen LogP contribution < -0.4 is 5.32 Å². The molecule has 0 aliphatic carbocycles. The first-order valence-corrected chi connectivity index (χ1v) is 29.4. The van der Waals surface area contributed by atoms with Crippen molar-refractivity contribution in [3.8, 4) is 0 Å². The number of carbonyl (C=O) groups excluding carboxylic acids is 2. The molecule has 0 saturated carbocycles. The Morgan fingerprint density at radius 3 is 1.54 bits per heavy atom. The van der Waals surface area contributed by atoms with Crippen molar-refractivity contribution in [2.24, 2.45) is 0 Å². The molecule has 2 N–H and O–H groups in total. The first-order chi connectivity index (χ1) is 33.4. The quantitative estimate of drug-likeness (QED) is 0.0156. The average molecular weight is 986 g/mol. The molecule has 0 aliphatic rings. The Kier molecular flexibility index (Phi) is 46.8. The molecule has 69 heavy (non-hydrogen) atoms. The van der Waals surface area contributed by atoms with Gasteiger partial charge < -0.3 is 19.4 Å². The second-order valence-corrected chi connectivity index (χ2v) is 21.2. The molecule has 3 atom stereocenters. The number of quaternary nitrogens is 1. The molecule has 0 fully saturated rings. The van der Waals surface area contributed by atoms with E-state index in [0.717, 1.165) is 103 Å². The van der Waals surface area contributed by atoms with Crippen LogP contribution in [-0.2, 0) is 27.9 Å². The van der Waals surface area contributed by atoms with E-state index in [0.29, 0.717) is 17.4 Å². The first-order valence-electron chi connectivity index (χ1n) is 27.9. The number of amides is 1. The molecule has 10 heteroatoms. The predicted molar refractivity (Wildman–Crippen MR) is 295 cm³/mol. The van der Waals surface area contributed by atoms with E-state index in [9.17, 15) is 19.0 Å². The van der Waals surface area contributed by atoms with Crippen molar-refractivity contribution in [1.82, 2.24) is 5.32 Å². The minimum atomic E-state index is -4.45. The van der Waals surface area contributed by atoms with Gasteiger partial charge in [-0.1, -0.05) is 209 Å². The molecule has 0 bridgehead atoms. The zero-order chi connectivity index (χ0) is 50.8. The van der Waals surface area contributed by atoms with Gasteiger partial charge >= 0.3 is 13.8 Å². The molecule has 0 heterocycles. The van der Waals surface area contributed by atoms with E-state index in [1.165, 1.54) is 89.9 Å². The summed E-state index contributed by atoms with van der Waals surface area (Å²) in [5.41, 5.74) is 0. The number of carbonyl (C=O) groups is 2. The summed E-state index contributed by atoms with van der Waals surface area (Å²) in [5.74, 6) is -0.550. The van der Waals surface area contributed by atoms with Gasteiger partial charge in [-0.3, -0.25) is 18.6 Å². The molecular weight excluding hydrogens is 880 g/mol. The average Bonchev–Trinajstić information content (AvgIpc) is 3.31. The molecular formula is C59H106N2O7P+. The van der Waals surface area contributed by atoms with Crippen LogP contribution in [0.5, 0.6) is 0 Å². The Labute approximate surface area is 425 Å². The summed E-state index contributed by atoms with van der Waals surface area (Å²) >= 11 is 0. The van der Waals surface area contributed by atoms with Crippen molar-refractivity contribution in [2.45, 2.75) is 238 Å². The van der Waals surface area contributed by atoms with E-state index < -0.39 is 20.0 Å². The van der Waals surface area contributed by atoms with E-state index in [4.69, 9.17) is 13.8 Å².